The molecular weight excluding hydrogens is 400 g/mol. The number of rotatable bonds is 3. The van der Waals surface area contributed by atoms with Crippen LogP contribution in [0, 0.1) is 0 Å². The van der Waals surface area contributed by atoms with Gasteiger partial charge in [-0.05, 0) is 55.3 Å². The summed E-state index contributed by atoms with van der Waals surface area (Å²) in [6, 6.07) is 20.7. The average Bonchev–Trinajstić information content (AvgIpc) is 3.16. The highest BCUT2D eigenvalue weighted by atomic mass is 16.5. The molecule has 160 valence electrons. The van der Waals surface area contributed by atoms with Gasteiger partial charge < -0.3 is 18.6 Å². The van der Waals surface area contributed by atoms with Gasteiger partial charge in [-0.2, -0.15) is 0 Å². The van der Waals surface area contributed by atoms with Crippen LogP contribution in [-0.4, -0.2) is 11.3 Å². The molecule has 0 amide bonds. The summed E-state index contributed by atoms with van der Waals surface area (Å²) in [6.07, 6.45) is 0.781. The minimum absolute atomic E-state index is 0.311. The van der Waals surface area contributed by atoms with Gasteiger partial charge in [0, 0.05) is 45.5 Å². The molecule has 0 unspecified atom stereocenters. The van der Waals surface area contributed by atoms with E-state index >= 15 is 0 Å². The van der Waals surface area contributed by atoms with Crippen molar-refractivity contribution >= 4 is 38.5 Å². The molecule has 1 aliphatic rings. The lowest BCUT2D eigenvalue weighted by molar-refractivity contribution is 0.289. The van der Waals surface area contributed by atoms with Gasteiger partial charge in [0.15, 0.2) is 6.73 Å². The van der Waals surface area contributed by atoms with E-state index in [0.717, 1.165) is 40.9 Å². The fourth-order valence-corrected chi connectivity index (χ4v) is 5.04. The molecule has 6 rings (SSSR count). The first-order chi connectivity index (χ1) is 15.7. The lowest BCUT2D eigenvalue weighted by atomic mass is 10.0. The van der Waals surface area contributed by atoms with Crippen molar-refractivity contribution < 1.29 is 9.15 Å². The molecule has 0 bridgehead atoms. The summed E-state index contributed by atoms with van der Waals surface area (Å²) in [7, 11) is 0. The second-order valence-corrected chi connectivity index (χ2v) is 8.30. The number of nitrogens with zero attached hydrogens (tertiary/aromatic N) is 2. The fraction of sp³-hybridized carbons (Fsp3) is 0.222. The topological polar surface area (TPSA) is 47.6 Å². The number of para-hydroxylation sites is 1. The SMILES string of the molecule is CCc1cc(=O)oc2c3c(ccc12)OCN(c1ccc2c(c1)c1ccccc1n2CC)C3. The molecule has 0 N–H and O–H groups in total. The highest BCUT2D eigenvalue weighted by Crippen LogP contribution is 2.37. The quantitative estimate of drug-likeness (QED) is 0.342. The standard InChI is InChI=1S/C27H24N2O3/c1-3-17-13-26(30)32-27-19(17)10-12-25-22(27)15-28(16-31-25)18-9-11-24-21(14-18)20-7-5-6-8-23(20)29(24)4-2/h5-14H,3-4,15-16H2,1-2H3. The summed E-state index contributed by atoms with van der Waals surface area (Å²) in [5, 5.41) is 3.48. The van der Waals surface area contributed by atoms with E-state index in [1.807, 2.05) is 12.1 Å². The number of anilines is 1. The van der Waals surface area contributed by atoms with Crippen molar-refractivity contribution in [2.24, 2.45) is 0 Å². The Balaban J connectivity index is 1.48. The Bertz CT molecular complexity index is 1560. The van der Waals surface area contributed by atoms with Crippen LogP contribution in [0.2, 0.25) is 0 Å². The number of ether oxygens (including phenoxy) is 1. The van der Waals surface area contributed by atoms with Crippen molar-refractivity contribution in [2.45, 2.75) is 33.4 Å². The molecule has 32 heavy (non-hydrogen) atoms. The number of aryl methyl sites for hydroxylation is 2. The van der Waals surface area contributed by atoms with Crippen LogP contribution in [-0.2, 0) is 19.5 Å². The van der Waals surface area contributed by atoms with Crippen molar-refractivity contribution in [3.8, 4) is 5.75 Å². The Morgan fingerprint density at radius 1 is 0.906 bits per heavy atom. The Labute approximate surface area is 185 Å². The first-order valence-corrected chi connectivity index (χ1v) is 11.1. The number of hydrogen-bond acceptors (Lipinski definition) is 4. The molecule has 0 atom stereocenters. The maximum absolute atomic E-state index is 12.2. The summed E-state index contributed by atoms with van der Waals surface area (Å²) in [4.78, 5) is 14.4. The van der Waals surface area contributed by atoms with Crippen LogP contribution in [0.4, 0.5) is 5.69 Å². The van der Waals surface area contributed by atoms with E-state index in [1.54, 1.807) is 6.07 Å². The van der Waals surface area contributed by atoms with E-state index in [4.69, 9.17) is 9.15 Å². The zero-order valence-electron chi connectivity index (χ0n) is 18.2. The molecule has 5 heteroatoms. The number of hydrogen-bond donors (Lipinski definition) is 0. The number of fused-ring (bicyclic) bond motifs is 6. The molecule has 2 aromatic heterocycles. The molecule has 3 aromatic carbocycles. The van der Waals surface area contributed by atoms with Gasteiger partial charge in [0.1, 0.15) is 11.3 Å². The maximum atomic E-state index is 12.2. The fourth-order valence-electron chi connectivity index (χ4n) is 5.04. The molecule has 0 aliphatic carbocycles. The second-order valence-electron chi connectivity index (χ2n) is 8.30. The third kappa shape index (κ3) is 2.74. The highest BCUT2D eigenvalue weighted by Gasteiger charge is 2.23. The van der Waals surface area contributed by atoms with E-state index in [1.165, 1.54) is 21.8 Å². The molecule has 5 nitrogen and oxygen atoms in total. The summed E-state index contributed by atoms with van der Waals surface area (Å²) in [6.45, 7) is 6.24. The molecule has 0 fully saturated rings. The molecule has 5 aromatic rings. The summed E-state index contributed by atoms with van der Waals surface area (Å²) < 4.78 is 14.1. The first kappa shape index (κ1) is 19.0. The molecule has 3 heterocycles. The van der Waals surface area contributed by atoms with Crippen molar-refractivity contribution in [2.75, 3.05) is 11.6 Å². The molecule has 0 radical (unpaired) electrons. The maximum Gasteiger partial charge on any atom is 0.336 e. The lowest BCUT2D eigenvalue weighted by Crippen LogP contribution is -2.32. The number of benzene rings is 3. The molecule has 1 aliphatic heterocycles. The predicted octanol–water partition coefficient (Wildman–Crippen LogP) is 5.84. The van der Waals surface area contributed by atoms with Crippen LogP contribution in [0.3, 0.4) is 0 Å². The van der Waals surface area contributed by atoms with E-state index in [-0.39, 0.29) is 5.63 Å². The van der Waals surface area contributed by atoms with Crippen molar-refractivity contribution in [3.63, 3.8) is 0 Å². The molecular formula is C27H24N2O3. The first-order valence-electron chi connectivity index (χ1n) is 11.1. The summed E-state index contributed by atoms with van der Waals surface area (Å²) in [5.41, 5.74) is 5.84. The minimum Gasteiger partial charge on any atom is -0.473 e. The third-order valence-corrected chi connectivity index (χ3v) is 6.60. The Morgan fingerprint density at radius 2 is 1.75 bits per heavy atom. The number of aromatic nitrogens is 1. The monoisotopic (exact) mass is 424 g/mol. The zero-order chi connectivity index (χ0) is 21.8. The largest absolute Gasteiger partial charge is 0.473 e. The van der Waals surface area contributed by atoms with Crippen LogP contribution >= 0.6 is 0 Å². The second kappa shape index (κ2) is 7.16. The van der Waals surface area contributed by atoms with Gasteiger partial charge in [0.05, 0.1) is 12.1 Å². The van der Waals surface area contributed by atoms with Gasteiger partial charge >= 0.3 is 5.63 Å². The molecule has 0 saturated carbocycles. The van der Waals surface area contributed by atoms with Crippen molar-refractivity contribution in [3.05, 3.63) is 82.2 Å². The van der Waals surface area contributed by atoms with Crippen LogP contribution in [0.1, 0.15) is 25.0 Å². The summed E-state index contributed by atoms with van der Waals surface area (Å²) >= 11 is 0. The Morgan fingerprint density at radius 3 is 2.59 bits per heavy atom. The van der Waals surface area contributed by atoms with Gasteiger partial charge in [-0.15, -0.1) is 0 Å². The molecule has 0 spiro atoms. The van der Waals surface area contributed by atoms with Crippen molar-refractivity contribution in [1.29, 1.82) is 0 Å². The van der Waals surface area contributed by atoms with E-state index in [0.29, 0.717) is 18.9 Å². The smallest absolute Gasteiger partial charge is 0.336 e. The van der Waals surface area contributed by atoms with E-state index < -0.39 is 0 Å². The van der Waals surface area contributed by atoms with Crippen LogP contribution < -0.4 is 15.3 Å². The lowest BCUT2D eigenvalue weighted by Gasteiger charge is -2.31. The summed E-state index contributed by atoms with van der Waals surface area (Å²) in [5.74, 6) is 0.786. The third-order valence-electron chi connectivity index (χ3n) is 6.60. The Hall–Kier alpha value is -3.73. The predicted molar refractivity (Wildman–Crippen MR) is 129 cm³/mol. The highest BCUT2D eigenvalue weighted by molar-refractivity contribution is 6.09. The van der Waals surface area contributed by atoms with Gasteiger partial charge in [0.2, 0.25) is 0 Å². The van der Waals surface area contributed by atoms with Gasteiger partial charge in [0.25, 0.3) is 0 Å². The Kier molecular flexibility index (Phi) is 4.25. The van der Waals surface area contributed by atoms with Gasteiger partial charge in [-0.25, -0.2) is 4.79 Å². The van der Waals surface area contributed by atoms with Crippen molar-refractivity contribution in [1.82, 2.24) is 4.57 Å². The molecule has 0 saturated heterocycles. The van der Waals surface area contributed by atoms with Gasteiger partial charge in [-0.1, -0.05) is 25.1 Å². The van der Waals surface area contributed by atoms with Gasteiger partial charge in [-0.3, -0.25) is 0 Å². The van der Waals surface area contributed by atoms with Crippen LogP contribution in [0.5, 0.6) is 5.75 Å². The normalized spacial score (nSPS) is 13.6. The average molecular weight is 425 g/mol. The van der Waals surface area contributed by atoms with Crippen LogP contribution in [0.25, 0.3) is 32.8 Å². The zero-order valence-corrected chi connectivity index (χ0v) is 18.2. The van der Waals surface area contributed by atoms with Crippen LogP contribution in [0.15, 0.2) is 69.9 Å². The van der Waals surface area contributed by atoms with E-state index in [9.17, 15) is 4.79 Å². The minimum atomic E-state index is -0.311. The van der Waals surface area contributed by atoms with E-state index in [2.05, 4.69) is 65.8 Å².